The van der Waals surface area contributed by atoms with Crippen LogP contribution in [0.5, 0.6) is 11.5 Å². The fourth-order valence-corrected chi connectivity index (χ4v) is 2.91. The molecule has 6 heteroatoms. The molecular weight excluding hydrogens is 298 g/mol. The molecule has 1 aromatic carbocycles. The molecule has 0 N–H and O–H groups in total. The minimum atomic E-state index is -0.534. The van der Waals surface area contributed by atoms with Gasteiger partial charge in [-0.1, -0.05) is 0 Å². The van der Waals surface area contributed by atoms with Gasteiger partial charge in [0.2, 0.25) is 5.91 Å². The van der Waals surface area contributed by atoms with Gasteiger partial charge in [0.25, 0.3) is 0 Å². The Morgan fingerprint density at radius 2 is 1.87 bits per heavy atom. The Kier molecular flexibility index (Phi) is 3.82. The zero-order valence-corrected chi connectivity index (χ0v) is 13.1. The molecule has 0 fully saturated rings. The van der Waals surface area contributed by atoms with Crippen LogP contribution in [0.2, 0.25) is 0 Å². The molecule has 2 aliphatic rings. The first-order valence-electron chi connectivity index (χ1n) is 7.17. The minimum Gasteiger partial charge on any atom is -0.493 e. The quantitative estimate of drug-likeness (QED) is 0.799. The van der Waals surface area contributed by atoms with Crippen molar-refractivity contribution in [3.05, 3.63) is 41.6 Å². The molecule has 2 atom stereocenters. The Hall–Kier alpha value is -2.76. The zero-order valence-electron chi connectivity index (χ0n) is 13.1. The lowest BCUT2D eigenvalue weighted by molar-refractivity contribution is -0.144. The average Bonchev–Trinajstić information content (AvgIpc) is 2.98. The maximum absolute atomic E-state index is 12.0. The molecule has 2 unspecified atom stereocenters. The molecule has 0 radical (unpaired) electrons. The van der Waals surface area contributed by atoms with Gasteiger partial charge in [0.15, 0.2) is 11.5 Å². The largest absolute Gasteiger partial charge is 0.493 e. The van der Waals surface area contributed by atoms with Crippen molar-refractivity contribution in [2.24, 2.45) is 0 Å². The fourth-order valence-electron chi connectivity index (χ4n) is 2.91. The van der Waals surface area contributed by atoms with Gasteiger partial charge in [-0.2, -0.15) is 0 Å². The number of benzene rings is 1. The monoisotopic (exact) mass is 315 g/mol. The van der Waals surface area contributed by atoms with Crippen LogP contribution in [0, 0.1) is 0 Å². The number of methoxy groups -OCH3 is 2. The summed E-state index contributed by atoms with van der Waals surface area (Å²) < 4.78 is 16.0. The third-order valence-corrected chi connectivity index (χ3v) is 3.97. The highest BCUT2D eigenvalue weighted by molar-refractivity contribution is 5.85. The smallest absolute Gasteiger partial charge is 0.331 e. The van der Waals surface area contributed by atoms with Gasteiger partial charge in [-0.3, -0.25) is 4.79 Å². The van der Waals surface area contributed by atoms with E-state index in [1.807, 2.05) is 18.2 Å². The van der Waals surface area contributed by atoms with E-state index in [0.717, 1.165) is 11.1 Å². The van der Waals surface area contributed by atoms with Crippen LogP contribution in [0.1, 0.15) is 24.1 Å². The van der Waals surface area contributed by atoms with Crippen LogP contribution in [0.3, 0.4) is 0 Å². The normalized spacial score (nSPS) is 21.9. The predicted molar refractivity (Wildman–Crippen MR) is 82.9 cm³/mol. The van der Waals surface area contributed by atoms with Gasteiger partial charge in [-0.25, -0.2) is 4.79 Å². The Labute approximate surface area is 133 Å². The molecule has 1 aromatic rings. The van der Waals surface area contributed by atoms with Crippen molar-refractivity contribution >= 4 is 18.0 Å². The van der Waals surface area contributed by atoms with Gasteiger partial charge in [0.05, 0.1) is 14.2 Å². The number of amides is 1. The number of nitrogens with zero attached hydrogens (tertiary/aromatic N) is 1. The van der Waals surface area contributed by atoms with Crippen molar-refractivity contribution < 1.29 is 23.8 Å². The van der Waals surface area contributed by atoms with Crippen LogP contribution in [0.15, 0.2) is 30.5 Å². The van der Waals surface area contributed by atoms with Crippen molar-refractivity contribution in [3.8, 4) is 11.5 Å². The lowest BCUT2D eigenvalue weighted by atomic mass is 9.91. The van der Waals surface area contributed by atoms with E-state index in [-0.39, 0.29) is 5.91 Å². The molecule has 120 valence electrons. The Morgan fingerprint density at radius 3 is 2.43 bits per heavy atom. The van der Waals surface area contributed by atoms with Crippen molar-refractivity contribution in [1.29, 1.82) is 0 Å². The number of fused-ring (bicyclic) bond motifs is 1. The number of cyclic esters (lactones) is 1. The summed E-state index contributed by atoms with van der Waals surface area (Å²) in [6.07, 6.45) is 6.04. The number of ether oxygens (including phenoxy) is 3. The van der Waals surface area contributed by atoms with E-state index in [1.165, 1.54) is 13.0 Å². The number of carbonyl (C=O) groups is 2. The molecule has 1 amide bonds. The number of carbonyl (C=O) groups excluding carboxylic acids is 2. The molecule has 0 saturated heterocycles. The summed E-state index contributed by atoms with van der Waals surface area (Å²) in [5.74, 6) is 0.617. The van der Waals surface area contributed by atoms with Crippen molar-refractivity contribution in [2.45, 2.75) is 19.1 Å². The lowest BCUT2D eigenvalue weighted by Gasteiger charge is -2.35. The van der Waals surface area contributed by atoms with E-state index in [0.29, 0.717) is 11.5 Å². The van der Waals surface area contributed by atoms with Crippen molar-refractivity contribution in [1.82, 2.24) is 4.90 Å². The molecule has 23 heavy (non-hydrogen) atoms. The number of hydrogen-bond acceptors (Lipinski definition) is 5. The predicted octanol–water partition coefficient (Wildman–Crippen LogP) is 2.06. The first-order chi connectivity index (χ1) is 11.0. The van der Waals surface area contributed by atoms with Gasteiger partial charge in [0, 0.05) is 19.2 Å². The summed E-state index contributed by atoms with van der Waals surface area (Å²) in [5, 5.41) is 0. The lowest BCUT2D eigenvalue weighted by Crippen LogP contribution is -2.37. The van der Waals surface area contributed by atoms with Gasteiger partial charge in [-0.15, -0.1) is 0 Å². The van der Waals surface area contributed by atoms with E-state index >= 15 is 0 Å². The van der Waals surface area contributed by atoms with Crippen LogP contribution in [-0.4, -0.2) is 37.1 Å². The third-order valence-electron chi connectivity index (χ3n) is 3.97. The highest BCUT2D eigenvalue weighted by Gasteiger charge is 2.37. The second kappa shape index (κ2) is 5.79. The molecule has 0 aliphatic carbocycles. The summed E-state index contributed by atoms with van der Waals surface area (Å²) in [4.78, 5) is 25.0. The maximum Gasteiger partial charge on any atom is 0.331 e. The summed E-state index contributed by atoms with van der Waals surface area (Å²) in [6.45, 7) is 1.48. The zero-order chi connectivity index (χ0) is 16.6. The van der Waals surface area contributed by atoms with Crippen molar-refractivity contribution in [2.75, 3.05) is 14.2 Å². The van der Waals surface area contributed by atoms with Crippen LogP contribution in [-0.2, 0) is 14.3 Å². The Bertz CT molecular complexity index is 722. The van der Waals surface area contributed by atoms with E-state index < -0.39 is 18.1 Å². The Balaban J connectivity index is 2.12. The molecule has 6 nitrogen and oxygen atoms in total. The van der Waals surface area contributed by atoms with E-state index in [2.05, 4.69) is 0 Å². The standard InChI is InChI=1S/C17H17NO5/c1-10(19)18-7-6-11-8-14(21-2)15(22-3)9-12(11)17(18)13-4-5-16(20)23-13/h4-9,13,17H,1-3H3. The molecule has 0 aromatic heterocycles. The molecule has 2 aliphatic heterocycles. The van der Waals surface area contributed by atoms with Gasteiger partial charge < -0.3 is 19.1 Å². The number of esters is 1. The minimum absolute atomic E-state index is 0.136. The van der Waals surface area contributed by atoms with Crippen molar-refractivity contribution in [3.63, 3.8) is 0 Å². The Morgan fingerprint density at radius 1 is 1.17 bits per heavy atom. The topological polar surface area (TPSA) is 65.1 Å². The number of rotatable bonds is 3. The summed E-state index contributed by atoms with van der Waals surface area (Å²) in [5.41, 5.74) is 1.73. The average molecular weight is 315 g/mol. The van der Waals surface area contributed by atoms with Gasteiger partial charge >= 0.3 is 5.97 Å². The highest BCUT2D eigenvalue weighted by Crippen LogP contribution is 2.41. The van der Waals surface area contributed by atoms with Crippen LogP contribution >= 0.6 is 0 Å². The van der Waals surface area contributed by atoms with E-state index in [9.17, 15) is 9.59 Å². The van der Waals surface area contributed by atoms with Crippen LogP contribution in [0.4, 0.5) is 0 Å². The molecule has 2 heterocycles. The van der Waals surface area contributed by atoms with Crippen LogP contribution < -0.4 is 9.47 Å². The van der Waals surface area contributed by atoms with E-state index in [1.54, 1.807) is 31.4 Å². The highest BCUT2D eigenvalue weighted by atomic mass is 16.5. The van der Waals surface area contributed by atoms with Gasteiger partial charge in [0.1, 0.15) is 12.1 Å². The van der Waals surface area contributed by atoms with E-state index in [4.69, 9.17) is 14.2 Å². The molecule has 3 rings (SSSR count). The fraction of sp³-hybridized carbons (Fsp3) is 0.294. The summed E-state index contributed by atoms with van der Waals surface area (Å²) >= 11 is 0. The number of hydrogen-bond donors (Lipinski definition) is 0. The van der Waals surface area contributed by atoms with Crippen LogP contribution in [0.25, 0.3) is 6.08 Å². The second-order valence-electron chi connectivity index (χ2n) is 5.28. The molecule has 0 spiro atoms. The molecule has 0 saturated carbocycles. The SMILES string of the molecule is COc1cc2c(cc1OC)C(C1C=CC(=O)O1)N(C(C)=O)C=C2. The third kappa shape index (κ3) is 2.56. The molecular formula is C17H17NO5. The first-order valence-corrected chi connectivity index (χ1v) is 7.17. The summed E-state index contributed by atoms with van der Waals surface area (Å²) in [6, 6.07) is 3.23. The first kappa shape index (κ1) is 15.1. The molecule has 0 bridgehead atoms. The van der Waals surface area contributed by atoms with Gasteiger partial charge in [-0.05, 0) is 35.4 Å². The second-order valence-corrected chi connectivity index (χ2v) is 5.28. The maximum atomic E-state index is 12.0. The summed E-state index contributed by atoms with van der Waals surface area (Å²) in [7, 11) is 3.12.